The second kappa shape index (κ2) is 6.33. The van der Waals surface area contributed by atoms with Crippen molar-refractivity contribution in [3.05, 3.63) is 42.2 Å². The molecule has 0 aliphatic carbocycles. The van der Waals surface area contributed by atoms with Gasteiger partial charge in [0, 0.05) is 30.9 Å². The fourth-order valence-electron chi connectivity index (χ4n) is 3.30. The number of nitrogens with zero attached hydrogens (tertiary/aromatic N) is 2. The van der Waals surface area contributed by atoms with E-state index in [-0.39, 0.29) is 0 Å². The lowest BCUT2D eigenvalue weighted by Crippen LogP contribution is -2.38. The van der Waals surface area contributed by atoms with Crippen molar-refractivity contribution in [1.29, 1.82) is 0 Å². The first-order valence-corrected chi connectivity index (χ1v) is 7.55. The second-order valence-electron chi connectivity index (χ2n) is 5.82. The van der Waals surface area contributed by atoms with Crippen LogP contribution < -0.4 is 5.32 Å². The minimum absolute atomic E-state index is 0.789. The van der Waals surface area contributed by atoms with Crippen LogP contribution in [0.3, 0.4) is 0 Å². The van der Waals surface area contributed by atoms with Crippen molar-refractivity contribution in [2.75, 3.05) is 26.7 Å². The Morgan fingerprint density at radius 3 is 3.10 bits per heavy atom. The van der Waals surface area contributed by atoms with Gasteiger partial charge in [-0.2, -0.15) is 0 Å². The Hall–Kier alpha value is -1.45. The minimum Gasteiger partial charge on any atom is -0.319 e. The van der Waals surface area contributed by atoms with E-state index in [0.717, 1.165) is 19.0 Å². The number of benzene rings is 1. The van der Waals surface area contributed by atoms with Crippen LogP contribution in [-0.4, -0.2) is 36.6 Å². The Kier molecular flexibility index (Phi) is 4.28. The van der Waals surface area contributed by atoms with Gasteiger partial charge < -0.3 is 5.32 Å². The van der Waals surface area contributed by atoms with Crippen molar-refractivity contribution in [3.63, 3.8) is 0 Å². The number of hydrogen-bond donors (Lipinski definition) is 1. The van der Waals surface area contributed by atoms with E-state index in [1.54, 1.807) is 0 Å². The molecule has 0 amide bonds. The number of rotatable bonds is 4. The van der Waals surface area contributed by atoms with Crippen LogP contribution >= 0.6 is 0 Å². The molecule has 1 aliphatic rings. The van der Waals surface area contributed by atoms with Crippen molar-refractivity contribution >= 4 is 10.8 Å². The van der Waals surface area contributed by atoms with E-state index in [0.29, 0.717) is 0 Å². The topological polar surface area (TPSA) is 28.2 Å². The maximum absolute atomic E-state index is 4.39. The molecule has 3 rings (SSSR count). The van der Waals surface area contributed by atoms with Gasteiger partial charge in [-0.05, 0) is 49.8 Å². The summed E-state index contributed by atoms with van der Waals surface area (Å²) in [5.41, 5.74) is 1.35. The largest absolute Gasteiger partial charge is 0.319 e. The normalized spacial score (nSPS) is 20.4. The molecule has 3 heteroatoms. The lowest BCUT2D eigenvalue weighted by Gasteiger charge is -2.32. The number of pyridine rings is 1. The van der Waals surface area contributed by atoms with Crippen molar-refractivity contribution in [2.24, 2.45) is 5.92 Å². The van der Waals surface area contributed by atoms with E-state index < -0.39 is 0 Å². The molecule has 20 heavy (non-hydrogen) atoms. The summed E-state index contributed by atoms with van der Waals surface area (Å²) >= 11 is 0. The summed E-state index contributed by atoms with van der Waals surface area (Å²) in [6, 6.07) is 8.55. The van der Waals surface area contributed by atoms with E-state index >= 15 is 0 Å². The lowest BCUT2D eigenvalue weighted by atomic mass is 9.97. The number of hydrogen-bond acceptors (Lipinski definition) is 3. The highest BCUT2D eigenvalue weighted by atomic mass is 15.1. The molecule has 1 fully saturated rings. The molecule has 0 bridgehead atoms. The van der Waals surface area contributed by atoms with Crippen LogP contribution in [0, 0.1) is 5.92 Å². The lowest BCUT2D eigenvalue weighted by molar-refractivity contribution is 0.167. The minimum atomic E-state index is 0.789. The molecule has 1 aliphatic heterocycles. The number of nitrogens with one attached hydrogen (secondary N) is 1. The maximum Gasteiger partial charge on any atom is 0.0346 e. The summed E-state index contributed by atoms with van der Waals surface area (Å²) in [7, 11) is 2.05. The second-order valence-corrected chi connectivity index (χ2v) is 5.82. The summed E-state index contributed by atoms with van der Waals surface area (Å²) in [5.74, 6) is 0.789. The first-order valence-electron chi connectivity index (χ1n) is 7.55. The van der Waals surface area contributed by atoms with Crippen molar-refractivity contribution in [1.82, 2.24) is 15.2 Å². The first kappa shape index (κ1) is 13.5. The molecule has 1 unspecified atom stereocenters. The molecule has 1 aromatic heterocycles. The quantitative estimate of drug-likeness (QED) is 0.925. The Balaban J connectivity index is 1.76. The Morgan fingerprint density at radius 2 is 2.20 bits per heavy atom. The van der Waals surface area contributed by atoms with Gasteiger partial charge in [0.05, 0.1) is 0 Å². The smallest absolute Gasteiger partial charge is 0.0346 e. The summed E-state index contributed by atoms with van der Waals surface area (Å²) in [6.45, 7) is 4.56. The van der Waals surface area contributed by atoms with Crippen LogP contribution in [0.1, 0.15) is 18.4 Å². The van der Waals surface area contributed by atoms with Gasteiger partial charge in [0.2, 0.25) is 0 Å². The number of fused-ring (bicyclic) bond motifs is 1. The Morgan fingerprint density at radius 1 is 1.30 bits per heavy atom. The fourth-order valence-corrected chi connectivity index (χ4v) is 3.30. The standard InChI is InChI=1S/C17H23N3/c1-18-9-14-5-4-8-20(12-14)13-16-11-19-10-15-6-2-3-7-17(15)16/h2-3,6-7,10-11,14,18H,4-5,8-9,12-13H2,1H3. The molecular weight excluding hydrogens is 246 g/mol. The van der Waals surface area contributed by atoms with Crippen molar-refractivity contribution in [2.45, 2.75) is 19.4 Å². The molecule has 0 saturated carbocycles. The zero-order valence-electron chi connectivity index (χ0n) is 12.2. The van der Waals surface area contributed by atoms with E-state index in [1.165, 1.54) is 42.3 Å². The molecule has 1 N–H and O–H groups in total. The third kappa shape index (κ3) is 3.00. The van der Waals surface area contributed by atoms with Crippen molar-refractivity contribution < 1.29 is 0 Å². The summed E-state index contributed by atoms with van der Waals surface area (Å²) in [6.07, 6.45) is 6.65. The van der Waals surface area contributed by atoms with Gasteiger partial charge in [-0.1, -0.05) is 24.3 Å². The molecule has 2 heterocycles. The summed E-state index contributed by atoms with van der Waals surface area (Å²) in [4.78, 5) is 6.97. The van der Waals surface area contributed by atoms with Gasteiger partial charge in [-0.25, -0.2) is 0 Å². The van der Waals surface area contributed by atoms with Crippen LogP contribution in [0.15, 0.2) is 36.7 Å². The highest BCUT2D eigenvalue weighted by Crippen LogP contribution is 2.22. The molecule has 0 radical (unpaired) electrons. The van der Waals surface area contributed by atoms with Gasteiger partial charge in [-0.3, -0.25) is 9.88 Å². The van der Waals surface area contributed by atoms with Gasteiger partial charge in [-0.15, -0.1) is 0 Å². The monoisotopic (exact) mass is 269 g/mol. The third-order valence-electron chi connectivity index (χ3n) is 4.24. The predicted octanol–water partition coefficient (Wildman–Crippen LogP) is 2.67. The van der Waals surface area contributed by atoms with Gasteiger partial charge >= 0.3 is 0 Å². The number of piperidine rings is 1. The molecule has 1 saturated heterocycles. The molecule has 106 valence electrons. The van der Waals surface area contributed by atoms with Crippen LogP contribution in [0.25, 0.3) is 10.8 Å². The van der Waals surface area contributed by atoms with Crippen LogP contribution in [0.5, 0.6) is 0 Å². The average molecular weight is 269 g/mol. The predicted molar refractivity (Wildman–Crippen MR) is 83.7 cm³/mol. The summed E-state index contributed by atoms with van der Waals surface area (Å²) < 4.78 is 0. The SMILES string of the molecule is CNCC1CCCN(Cc2cncc3ccccc23)C1. The van der Waals surface area contributed by atoms with E-state index in [9.17, 15) is 0 Å². The first-order chi connectivity index (χ1) is 9.86. The van der Waals surface area contributed by atoms with Gasteiger partial charge in [0.25, 0.3) is 0 Å². The Labute approximate surface area is 121 Å². The fraction of sp³-hybridized carbons (Fsp3) is 0.471. The molecule has 0 spiro atoms. The summed E-state index contributed by atoms with van der Waals surface area (Å²) in [5, 5.41) is 5.90. The van der Waals surface area contributed by atoms with Crippen LogP contribution in [0.4, 0.5) is 0 Å². The average Bonchev–Trinajstić information content (AvgIpc) is 2.48. The molecule has 1 atom stereocenters. The zero-order chi connectivity index (χ0) is 13.8. The third-order valence-corrected chi connectivity index (χ3v) is 4.24. The number of likely N-dealkylation sites (tertiary alicyclic amines) is 1. The maximum atomic E-state index is 4.39. The van der Waals surface area contributed by atoms with Crippen molar-refractivity contribution in [3.8, 4) is 0 Å². The van der Waals surface area contributed by atoms with Gasteiger partial charge in [0.15, 0.2) is 0 Å². The highest BCUT2D eigenvalue weighted by Gasteiger charge is 2.19. The van der Waals surface area contributed by atoms with Crippen LogP contribution in [0.2, 0.25) is 0 Å². The molecule has 1 aromatic carbocycles. The van der Waals surface area contributed by atoms with Crippen LogP contribution in [-0.2, 0) is 6.54 Å². The highest BCUT2D eigenvalue weighted by molar-refractivity contribution is 5.84. The molecule has 2 aromatic rings. The molecule has 3 nitrogen and oxygen atoms in total. The van der Waals surface area contributed by atoms with Gasteiger partial charge in [0.1, 0.15) is 0 Å². The number of aromatic nitrogens is 1. The zero-order valence-corrected chi connectivity index (χ0v) is 12.2. The molecular formula is C17H23N3. The van der Waals surface area contributed by atoms with E-state index in [2.05, 4.69) is 39.5 Å². The van der Waals surface area contributed by atoms with E-state index in [1.807, 2.05) is 19.4 Å². The Bertz CT molecular complexity index is 560. The van der Waals surface area contributed by atoms with E-state index in [4.69, 9.17) is 0 Å².